The second-order valence-electron chi connectivity index (χ2n) is 5.32. The highest BCUT2D eigenvalue weighted by Crippen LogP contribution is 2.45. The molecule has 0 aliphatic heterocycles. The van der Waals surface area contributed by atoms with E-state index >= 15 is 0 Å². The van der Waals surface area contributed by atoms with Crippen LogP contribution >= 0.6 is 11.6 Å². The number of benzene rings is 1. The van der Waals surface area contributed by atoms with Gasteiger partial charge in [-0.05, 0) is 18.6 Å². The van der Waals surface area contributed by atoms with Gasteiger partial charge in [0.05, 0.1) is 11.0 Å². The largest absolute Gasteiger partial charge is 0.352 e. The summed E-state index contributed by atoms with van der Waals surface area (Å²) in [6.45, 7) is 4.38. The minimum atomic E-state index is 0.126. The minimum Gasteiger partial charge on any atom is -0.352 e. The highest BCUT2D eigenvalue weighted by Gasteiger charge is 2.47. The van der Waals surface area contributed by atoms with Gasteiger partial charge in [0.25, 0.3) is 0 Å². The standard InChI is InChI=1S/C13H16ClN3/c1-13(2)10(14)7-11(13)17-12-15-8-5-3-4-6-9(8)16-12/h3-6,10-11H,7H2,1-2H3,(H2,15,16,17). The lowest BCUT2D eigenvalue weighted by Gasteiger charge is -2.49. The van der Waals surface area contributed by atoms with E-state index in [4.69, 9.17) is 11.6 Å². The van der Waals surface area contributed by atoms with Gasteiger partial charge in [-0.3, -0.25) is 0 Å². The Hall–Kier alpha value is -1.22. The molecule has 0 amide bonds. The van der Waals surface area contributed by atoms with E-state index in [0.717, 1.165) is 23.4 Å². The Bertz CT molecular complexity index is 513. The summed E-state index contributed by atoms with van der Waals surface area (Å²) < 4.78 is 0. The molecule has 1 fully saturated rings. The zero-order valence-electron chi connectivity index (χ0n) is 10.00. The summed E-state index contributed by atoms with van der Waals surface area (Å²) in [5.74, 6) is 0.841. The topological polar surface area (TPSA) is 40.7 Å². The van der Waals surface area contributed by atoms with Crippen molar-refractivity contribution in [3.05, 3.63) is 24.3 Å². The number of para-hydroxylation sites is 2. The van der Waals surface area contributed by atoms with E-state index in [9.17, 15) is 0 Å². The van der Waals surface area contributed by atoms with E-state index in [-0.39, 0.29) is 10.8 Å². The number of rotatable bonds is 2. The van der Waals surface area contributed by atoms with Gasteiger partial charge in [0.2, 0.25) is 5.95 Å². The molecule has 0 bridgehead atoms. The Kier molecular flexibility index (Phi) is 2.33. The normalized spacial score (nSPS) is 26.8. The maximum atomic E-state index is 6.21. The van der Waals surface area contributed by atoms with Crippen LogP contribution in [0.25, 0.3) is 11.0 Å². The quantitative estimate of drug-likeness (QED) is 0.801. The van der Waals surface area contributed by atoms with Crippen LogP contribution in [0, 0.1) is 5.41 Å². The Morgan fingerprint density at radius 3 is 2.82 bits per heavy atom. The molecule has 1 saturated carbocycles. The Morgan fingerprint density at radius 2 is 2.18 bits per heavy atom. The summed E-state index contributed by atoms with van der Waals surface area (Å²) in [4.78, 5) is 7.80. The monoisotopic (exact) mass is 249 g/mol. The molecule has 0 spiro atoms. The number of anilines is 1. The molecule has 3 nitrogen and oxygen atoms in total. The van der Waals surface area contributed by atoms with Gasteiger partial charge < -0.3 is 10.3 Å². The second-order valence-corrected chi connectivity index (χ2v) is 5.85. The summed E-state index contributed by atoms with van der Waals surface area (Å²) in [5, 5.41) is 3.69. The third-order valence-corrected chi connectivity index (χ3v) is 4.59. The van der Waals surface area contributed by atoms with Crippen LogP contribution in [-0.4, -0.2) is 21.4 Å². The molecule has 90 valence electrons. The van der Waals surface area contributed by atoms with Crippen molar-refractivity contribution in [1.29, 1.82) is 0 Å². The van der Waals surface area contributed by atoms with E-state index < -0.39 is 0 Å². The first-order valence-corrected chi connectivity index (χ1v) is 6.36. The number of hydrogen-bond acceptors (Lipinski definition) is 2. The summed E-state index contributed by atoms with van der Waals surface area (Å²) in [7, 11) is 0. The lowest BCUT2D eigenvalue weighted by molar-refractivity contribution is 0.168. The molecule has 0 saturated heterocycles. The molecular weight excluding hydrogens is 234 g/mol. The van der Waals surface area contributed by atoms with Gasteiger partial charge in [0, 0.05) is 16.8 Å². The molecule has 1 aliphatic carbocycles. The van der Waals surface area contributed by atoms with E-state index in [1.165, 1.54) is 0 Å². The molecular formula is C13H16ClN3. The molecule has 0 radical (unpaired) electrons. The van der Waals surface area contributed by atoms with Crippen molar-refractivity contribution in [1.82, 2.24) is 9.97 Å². The summed E-state index contributed by atoms with van der Waals surface area (Å²) in [6.07, 6.45) is 0.992. The fourth-order valence-electron chi connectivity index (χ4n) is 2.30. The highest BCUT2D eigenvalue weighted by molar-refractivity contribution is 6.21. The number of alkyl halides is 1. The SMILES string of the molecule is CC1(C)C(Cl)CC1Nc1nc2ccccc2[nH]1. The molecule has 2 aromatic rings. The first kappa shape index (κ1) is 10.9. The third-order valence-electron chi connectivity index (χ3n) is 3.85. The molecule has 2 N–H and O–H groups in total. The number of fused-ring (bicyclic) bond motifs is 1. The van der Waals surface area contributed by atoms with Crippen molar-refractivity contribution < 1.29 is 0 Å². The van der Waals surface area contributed by atoms with Crippen molar-refractivity contribution in [3.63, 3.8) is 0 Å². The van der Waals surface area contributed by atoms with Crippen LogP contribution in [-0.2, 0) is 0 Å². The minimum absolute atomic E-state index is 0.126. The summed E-state index contributed by atoms with van der Waals surface area (Å²) in [5.41, 5.74) is 2.18. The molecule has 4 heteroatoms. The van der Waals surface area contributed by atoms with Gasteiger partial charge in [-0.1, -0.05) is 26.0 Å². The zero-order valence-corrected chi connectivity index (χ0v) is 10.8. The predicted octanol–water partition coefficient (Wildman–Crippen LogP) is 3.38. The average Bonchev–Trinajstić information content (AvgIpc) is 2.71. The molecule has 1 aliphatic rings. The Labute approximate surface area is 106 Å². The maximum absolute atomic E-state index is 6.21. The molecule has 3 rings (SSSR count). The van der Waals surface area contributed by atoms with E-state index in [0.29, 0.717) is 6.04 Å². The van der Waals surface area contributed by atoms with Crippen molar-refractivity contribution in [2.24, 2.45) is 5.41 Å². The van der Waals surface area contributed by atoms with Crippen LogP contribution in [0.3, 0.4) is 0 Å². The number of H-pyrrole nitrogens is 1. The predicted molar refractivity (Wildman–Crippen MR) is 71.5 cm³/mol. The first-order chi connectivity index (χ1) is 8.07. The van der Waals surface area contributed by atoms with Crippen molar-refractivity contribution >= 4 is 28.6 Å². The van der Waals surface area contributed by atoms with Gasteiger partial charge in [-0.2, -0.15) is 0 Å². The summed E-state index contributed by atoms with van der Waals surface area (Å²) >= 11 is 6.21. The fraction of sp³-hybridized carbons (Fsp3) is 0.462. The Balaban J connectivity index is 1.82. The smallest absolute Gasteiger partial charge is 0.201 e. The van der Waals surface area contributed by atoms with Gasteiger partial charge >= 0.3 is 0 Å². The zero-order chi connectivity index (χ0) is 12.0. The molecule has 1 heterocycles. The molecule has 1 aromatic carbocycles. The van der Waals surface area contributed by atoms with Crippen LogP contribution in [0.1, 0.15) is 20.3 Å². The number of aromatic nitrogens is 2. The van der Waals surface area contributed by atoms with Gasteiger partial charge in [-0.15, -0.1) is 11.6 Å². The number of nitrogens with zero attached hydrogens (tertiary/aromatic N) is 1. The molecule has 2 atom stereocenters. The number of imidazole rings is 1. The second kappa shape index (κ2) is 3.64. The third kappa shape index (κ3) is 1.69. The highest BCUT2D eigenvalue weighted by atomic mass is 35.5. The van der Waals surface area contributed by atoms with Gasteiger partial charge in [-0.25, -0.2) is 4.98 Å². The van der Waals surface area contributed by atoms with Crippen LogP contribution in [0.2, 0.25) is 0 Å². The fourth-order valence-corrected chi connectivity index (χ4v) is 2.63. The molecule has 17 heavy (non-hydrogen) atoms. The number of hydrogen-bond donors (Lipinski definition) is 2. The van der Waals surface area contributed by atoms with Gasteiger partial charge in [0.1, 0.15) is 0 Å². The van der Waals surface area contributed by atoms with E-state index in [1.807, 2.05) is 24.3 Å². The maximum Gasteiger partial charge on any atom is 0.201 e. The lowest BCUT2D eigenvalue weighted by atomic mass is 9.67. The van der Waals surface area contributed by atoms with Crippen LogP contribution in [0.15, 0.2) is 24.3 Å². The average molecular weight is 250 g/mol. The van der Waals surface area contributed by atoms with Crippen molar-refractivity contribution in [3.8, 4) is 0 Å². The van der Waals surface area contributed by atoms with Gasteiger partial charge in [0.15, 0.2) is 0 Å². The van der Waals surface area contributed by atoms with Crippen molar-refractivity contribution in [2.45, 2.75) is 31.7 Å². The lowest BCUT2D eigenvalue weighted by Crippen LogP contribution is -2.54. The van der Waals surface area contributed by atoms with Crippen LogP contribution in [0.4, 0.5) is 5.95 Å². The number of halogens is 1. The van der Waals surface area contributed by atoms with Crippen LogP contribution in [0.5, 0.6) is 0 Å². The first-order valence-electron chi connectivity index (χ1n) is 5.93. The number of nitrogens with one attached hydrogen (secondary N) is 2. The Morgan fingerprint density at radius 1 is 1.41 bits per heavy atom. The number of aromatic amines is 1. The molecule has 2 unspecified atom stereocenters. The van der Waals surface area contributed by atoms with Crippen molar-refractivity contribution in [2.75, 3.05) is 5.32 Å². The van der Waals surface area contributed by atoms with E-state index in [1.54, 1.807) is 0 Å². The molecule has 1 aromatic heterocycles. The van der Waals surface area contributed by atoms with Crippen LogP contribution < -0.4 is 5.32 Å². The summed E-state index contributed by atoms with van der Waals surface area (Å²) in [6, 6.07) is 8.43. The van der Waals surface area contributed by atoms with E-state index in [2.05, 4.69) is 29.1 Å².